The van der Waals surface area contributed by atoms with Gasteiger partial charge < -0.3 is 14.8 Å². The molecule has 0 bridgehead atoms. The van der Waals surface area contributed by atoms with Crippen LogP contribution in [0.1, 0.15) is 32.8 Å². The molecule has 1 aromatic carbocycles. The largest absolute Gasteiger partial charge is 0.496 e. The van der Waals surface area contributed by atoms with E-state index in [-0.39, 0.29) is 11.0 Å². The average Bonchev–Trinajstić information content (AvgIpc) is 2.86. The van der Waals surface area contributed by atoms with E-state index in [1.807, 2.05) is 12.1 Å². The highest BCUT2D eigenvalue weighted by Crippen LogP contribution is 2.35. The molecular formula is C17H27NO2. The Labute approximate surface area is 122 Å². The van der Waals surface area contributed by atoms with Crippen LogP contribution >= 0.6 is 0 Å². The van der Waals surface area contributed by atoms with Crippen molar-refractivity contribution in [3.63, 3.8) is 0 Å². The lowest BCUT2D eigenvalue weighted by molar-refractivity contribution is 0.143. The molecular weight excluding hydrogens is 250 g/mol. The molecule has 1 unspecified atom stereocenters. The average molecular weight is 277 g/mol. The molecule has 0 spiro atoms. The minimum absolute atomic E-state index is 0.135. The second kappa shape index (κ2) is 6.15. The quantitative estimate of drug-likeness (QED) is 0.897. The molecule has 0 saturated carbocycles. The summed E-state index contributed by atoms with van der Waals surface area (Å²) in [6.07, 6.45) is 2.11. The predicted molar refractivity (Wildman–Crippen MR) is 82.3 cm³/mol. The molecule has 0 aliphatic carbocycles. The number of para-hydroxylation sites is 1. The lowest BCUT2D eigenvalue weighted by Crippen LogP contribution is -2.45. The van der Waals surface area contributed by atoms with Crippen molar-refractivity contribution >= 4 is 0 Å². The van der Waals surface area contributed by atoms with Crippen molar-refractivity contribution in [3.05, 3.63) is 29.8 Å². The molecule has 1 heterocycles. The third-order valence-electron chi connectivity index (χ3n) is 3.94. The van der Waals surface area contributed by atoms with Crippen molar-refractivity contribution < 1.29 is 9.47 Å². The zero-order valence-electron chi connectivity index (χ0n) is 13.2. The van der Waals surface area contributed by atoms with Gasteiger partial charge in [-0.05, 0) is 45.2 Å². The number of rotatable bonds is 5. The van der Waals surface area contributed by atoms with Crippen LogP contribution in [-0.4, -0.2) is 32.4 Å². The molecule has 112 valence electrons. The van der Waals surface area contributed by atoms with Crippen LogP contribution < -0.4 is 10.1 Å². The minimum atomic E-state index is 0.135. The standard InChI is InChI=1S/C17H27NO2/c1-16(2,3)18-12-17(9-10-20-13-17)11-14-7-5-6-8-15(14)19-4/h5-8,18H,9-13H2,1-4H3. The molecule has 3 heteroatoms. The van der Waals surface area contributed by atoms with E-state index in [1.54, 1.807) is 7.11 Å². The van der Waals surface area contributed by atoms with Crippen molar-refractivity contribution in [3.8, 4) is 5.75 Å². The van der Waals surface area contributed by atoms with E-state index in [2.05, 4.69) is 38.2 Å². The van der Waals surface area contributed by atoms with E-state index >= 15 is 0 Å². The Kier molecular flexibility index (Phi) is 4.71. The van der Waals surface area contributed by atoms with E-state index < -0.39 is 0 Å². The van der Waals surface area contributed by atoms with E-state index in [9.17, 15) is 0 Å². The lowest BCUT2D eigenvalue weighted by Gasteiger charge is -2.32. The minimum Gasteiger partial charge on any atom is -0.496 e. The normalized spacial score (nSPS) is 23.0. The molecule has 20 heavy (non-hydrogen) atoms. The van der Waals surface area contributed by atoms with Crippen molar-refractivity contribution in [1.82, 2.24) is 5.32 Å². The first-order chi connectivity index (χ1) is 9.44. The first-order valence-corrected chi connectivity index (χ1v) is 7.39. The number of hydrogen-bond donors (Lipinski definition) is 1. The van der Waals surface area contributed by atoms with Gasteiger partial charge in [0, 0.05) is 24.1 Å². The highest BCUT2D eigenvalue weighted by Gasteiger charge is 2.36. The van der Waals surface area contributed by atoms with Gasteiger partial charge in [-0.3, -0.25) is 0 Å². The van der Waals surface area contributed by atoms with Gasteiger partial charge in [-0.1, -0.05) is 18.2 Å². The predicted octanol–water partition coefficient (Wildman–Crippen LogP) is 3.03. The SMILES string of the molecule is COc1ccccc1CC1(CNC(C)(C)C)CCOC1. The van der Waals surface area contributed by atoms with Gasteiger partial charge >= 0.3 is 0 Å². The van der Waals surface area contributed by atoms with E-state index in [0.717, 1.165) is 38.3 Å². The Bertz CT molecular complexity index is 431. The van der Waals surface area contributed by atoms with Gasteiger partial charge in [0.15, 0.2) is 0 Å². The molecule has 3 nitrogen and oxygen atoms in total. The molecule has 1 aliphatic rings. The van der Waals surface area contributed by atoms with E-state index in [4.69, 9.17) is 9.47 Å². The van der Waals surface area contributed by atoms with E-state index in [0.29, 0.717) is 0 Å². The highest BCUT2D eigenvalue weighted by molar-refractivity contribution is 5.34. The Morgan fingerprint density at radius 2 is 2.05 bits per heavy atom. The zero-order chi connectivity index (χ0) is 14.6. The van der Waals surface area contributed by atoms with Gasteiger partial charge in [0.2, 0.25) is 0 Å². The summed E-state index contributed by atoms with van der Waals surface area (Å²) in [5, 5.41) is 3.64. The molecule has 1 fully saturated rings. The van der Waals surface area contributed by atoms with Crippen LogP contribution in [0.15, 0.2) is 24.3 Å². The molecule has 0 aromatic heterocycles. The summed E-state index contributed by atoms with van der Waals surface area (Å²) in [6.45, 7) is 9.29. The molecule has 0 amide bonds. The van der Waals surface area contributed by atoms with E-state index in [1.165, 1.54) is 5.56 Å². The molecule has 0 radical (unpaired) electrons. The Hall–Kier alpha value is -1.06. The number of benzene rings is 1. The summed E-state index contributed by atoms with van der Waals surface area (Å²) in [5.74, 6) is 0.981. The molecule has 1 aliphatic heterocycles. The third kappa shape index (κ3) is 3.97. The van der Waals surface area contributed by atoms with Crippen LogP contribution in [0.2, 0.25) is 0 Å². The monoisotopic (exact) mass is 277 g/mol. The molecule has 1 N–H and O–H groups in total. The van der Waals surface area contributed by atoms with Crippen LogP contribution in [0.4, 0.5) is 0 Å². The first-order valence-electron chi connectivity index (χ1n) is 7.39. The second-order valence-electron chi connectivity index (χ2n) is 6.89. The van der Waals surface area contributed by atoms with Crippen LogP contribution in [0.25, 0.3) is 0 Å². The third-order valence-corrected chi connectivity index (χ3v) is 3.94. The lowest BCUT2D eigenvalue weighted by atomic mass is 9.80. The van der Waals surface area contributed by atoms with Gasteiger partial charge in [-0.2, -0.15) is 0 Å². The van der Waals surface area contributed by atoms with Crippen LogP contribution in [0.5, 0.6) is 5.75 Å². The molecule has 2 rings (SSSR count). The van der Waals surface area contributed by atoms with Gasteiger partial charge in [0.05, 0.1) is 13.7 Å². The molecule has 1 atom stereocenters. The number of hydrogen-bond acceptors (Lipinski definition) is 3. The van der Waals surface area contributed by atoms with Crippen LogP contribution in [0.3, 0.4) is 0 Å². The fourth-order valence-electron chi connectivity index (χ4n) is 2.70. The van der Waals surface area contributed by atoms with Crippen molar-refractivity contribution in [2.45, 2.75) is 39.2 Å². The maximum atomic E-state index is 5.69. The summed E-state index contributed by atoms with van der Waals surface area (Å²) >= 11 is 0. The summed E-state index contributed by atoms with van der Waals surface area (Å²) in [6, 6.07) is 8.30. The summed E-state index contributed by atoms with van der Waals surface area (Å²) in [5.41, 5.74) is 1.59. The first kappa shape index (κ1) is 15.3. The molecule has 1 saturated heterocycles. The van der Waals surface area contributed by atoms with Crippen molar-refractivity contribution in [1.29, 1.82) is 0 Å². The van der Waals surface area contributed by atoms with Gasteiger partial charge in [0.1, 0.15) is 5.75 Å². The topological polar surface area (TPSA) is 30.5 Å². The van der Waals surface area contributed by atoms with Crippen molar-refractivity contribution in [2.75, 3.05) is 26.9 Å². The smallest absolute Gasteiger partial charge is 0.122 e. The molecule has 1 aromatic rings. The maximum Gasteiger partial charge on any atom is 0.122 e. The fourth-order valence-corrected chi connectivity index (χ4v) is 2.70. The Balaban J connectivity index is 2.12. The van der Waals surface area contributed by atoms with Gasteiger partial charge in [-0.15, -0.1) is 0 Å². The summed E-state index contributed by atoms with van der Waals surface area (Å²) < 4.78 is 11.2. The number of ether oxygens (including phenoxy) is 2. The van der Waals surface area contributed by atoms with Crippen LogP contribution in [0, 0.1) is 5.41 Å². The number of methoxy groups -OCH3 is 1. The van der Waals surface area contributed by atoms with Crippen LogP contribution in [-0.2, 0) is 11.2 Å². The summed E-state index contributed by atoms with van der Waals surface area (Å²) in [4.78, 5) is 0. The maximum absolute atomic E-state index is 5.69. The van der Waals surface area contributed by atoms with Gasteiger partial charge in [-0.25, -0.2) is 0 Å². The van der Waals surface area contributed by atoms with Crippen molar-refractivity contribution in [2.24, 2.45) is 5.41 Å². The second-order valence-corrected chi connectivity index (χ2v) is 6.89. The number of nitrogens with one attached hydrogen (secondary N) is 1. The summed E-state index contributed by atoms with van der Waals surface area (Å²) in [7, 11) is 1.74. The fraction of sp³-hybridized carbons (Fsp3) is 0.647. The Morgan fingerprint density at radius 3 is 2.65 bits per heavy atom. The van der Waals surface area contributed by atoms with Gasteiger partial charge in [0.25, 0.3) is 0 Å². The zero-order valence-corrected chi connectivity index (χ0v) is 13.2. The highest BCUT2D eigenvalue weighted by atomic mass is 16.5. The Morgan fingerprint density at radius 1 is 1.30 bits per heavy atom.